The molecule has 0 bridgehead atoms. The fraction of sp³-hybridized carbons (Fsp3) is 0.512. The largest absolute Gasteiger partial charge is 0.497 e. The van der Waals surface area contributed by atoms with Crippen molar-refractivity contribution >= 4 is 44.7 Å². The van der Waals surface area contributed by atoms with E-state index in [0.29, 0.717) is 28.1 Å². The quantitative estimate of drug-likeness (QED) is 0.190. The minimum absolute atomic E-state index is 0.000290. The van der Waals surface area contributed by atoms with Crippen LogP contribution in [0.4, 0.5) is 4.79 Å². The lowest BCUT2D eigenvalue weighted by atomic mass is 9.85. The summed E-state index contributed by atoms with van der Waals surface area (Å²) in [6.07, 6.45) is 0.0531. The van der Waals surface area contributed by atoms with E-state index in [-0.39, 0.29) is 25.1 Å². The predicted octanol–water partition coefficient (Wildman–Crippen LogP) is 5.75. The van der Waals surface area contributed by atoms with Crippen LogP contribution < -0.4 is 24.8 Å². The van der Waals surface area contributed by atoms with Crippen molar-refractivity contribution in [3.05, 3.63) is 67.3 Å². The highest BCUT2D eigenvalue weighted by molar-refractivity contribution is 7.90. The number of carbonyl (C=O) groups is 4. The highest BCUT2D eigenvalue weighted by atomic mass is 32.2. The number of alkyl carbamates (subject to hydrolysis) is 1. The molecular weight excluding hydrogens is 763 g/mol. The van der Waals surface area contributed by atoms with Crippen molar-refractivity contribution in [2.75, 3.05) is 19.4 Å². The number of fused-ring (bicyclic) bond motifs is 1. The van der Waals surface area contributed by atoms with Gasteiger partial charge in [-0.15, -0.1) is 6.58 Å². The van der Waals surface area contributed by atoms with Crippen LogP contribution in [0.3, 0.4) is 0 Å². The van der Waals surface area contributed by atoms with Crippen molar-refractivity contribution in [1.29, 1.82) is 0 Å². The smallest absolute Gasteiger partial charge is 0.408 e. The number of rotatable bonds is 12. The number of likely N-dealkylation sites (tertiary alicyclic amines) is 1. The third-order valence-electron chi connectivity index (χ3n) is 9.89. The van der Waals surface area contributed by atoms with E-state index in [4.69, 9.17) is 19.2 Å². The molecule has 2 heterocycles. The maximum Gasteiger partial charge on any atom is 0.408 e. The molecule has 1 saturated heterocycles. The number of pyridine rings is 1. The second kappa shape index (κ2) is 16.2. The van der Waals surface area contributed by atoms with E-state index < -0.39 is 79.9 Å². The summed E-state index contributed by atoms with van der Waals surface area (Å²) in [6, 6.07) is 14.4. The lowest BCUT2D eigenvalue weighted by Crippen LogP contribution is -2.60. The Morgan fingerprint density at radius 3 is 2.24 bits per heavy atom. The summed E-state index contributed by atoms with van der Waals surface area (Å²) in [6.45, 7) is 19.4. The van der Waals surface area contributed by atoms with E-state index in [1.54, 1.807) is 81.6 Å². The molecular formula is C43H57N5O9S. The van der Waals surface area contributed by atoms with Crippen molar-refractivity contribution < 1.29 is 41.8 Å². The minimum Gasteiger partial charge on any atom is -0.497 e. The number of amides is 4. The van der Waals surface area contributed by atoms with Crippen LogP contribution in [0.5, 0.6) is 11.5 Å². The number of nitrogens with zero attached hydrogens (tertiary/aromatic N) is 2. The van der Waals surface area contributed by atoms with Crippen molar-refractivity contribution in [1.82, 2.24) is 25.2 Å². The Balaban J connectivity index is 1.52. The van der Waals surface area contributed by atoms with Gasteiger partial charge in [-0.05, 0) is 50.2 Å². The molecule has 5 atom stereocenters. The Labute approximate surface area is 341 Å². The predicted molar refractivity (Wildman–Crippen MR) is 221 cm³/mol. The van der Waals surface area contributed by atoms with Crippen LogP contribution in [0.25, 0.3) is 22.2 Å². The van der Waals surface area contributed by atoms with E-state index in [0.717, 1.165) is 5.56 Å². The number of carbonyl (C=O) groups excluding carboxylic acids is 4. The van der Waals surface area contributed by atoms with Gasteiger partial charge >= 0.3 is 6.09 Å². The zero-order valence-electron chi connectivity index (χ0n) is 35.1. The third kappa shape index (κ3) is 10.5. The normalized spacial score (nSPS) is 21.4. The van der Waals surface area contributed by atoms with Crippen LogP contribution in [0.1, 0.15) is 75.2 Å². The third-order valence-corrected chi connectivity index (χ3v) is 11.6. The summed E-state index contributed by atoms with van der Waals surface area (Å²) >= 11 is 0. The van der Waals surface area contributed by atoms with Gasteiger partial charge in [0, 0.05) is 35.4 Å². The van der Waals surface area contributed by atoms with Gasteiger partial charge in [-0.2, -0.15) is 0 Å². The first-order valence-electron chi connectivity index (χ1n) is 19.3. The molecule has 1 aliphatic carbocycles. The Hall–Kier alpha value is -5.18. The second-order valence-corrected chi connectivity index (χ2v) is 20.2. The number of hydrogen-bond acceptors (Lipinski definition) is 10. The topological polar surface area (TPSA) is 182 Å². The Morgan fingerprint density at radius 2 is 1.67 bits per heavy atom. The Morgan fingerprint density at radius 1 is 1.00 bits per heavy atom. The van der Waals surface area contributed by atoms with Crippen LogP contribution in [0, 0.1) is 16.7 Å². The van der Waals surface area contributed by atoms with E-state index in [2.05, 4.69) is 21.9 Å². The first-order chi connectivity index (χ1) is 26.8. The molecule has 1 unspecified atom stereocenters. The van der Waals surface area contributed by atoms with Crippen LogP contribution >= 0.6 is 0 Å². The van der Waals surface area contributed by atoms with Crippen molar-refractivity contribution in [3.63, 3.8) is 0 Å². The van der Waals surface area contributed by atoms with Gasteiger partial charge in [0.25, 0.3) is 5.91 Å². The average Bonchev–Trinajstić information content (AvgIpc) is 3.66. The first-order valence-corrected chi connectivity index (χ1v) is 21.0. The number of aromatic nitrogens is 1. The highest BCUT2D eigenvalue weighted by Crippen LogP contribution is 2.45. The number of methoxy groups -OCH3 is 1. The maximum atomic E-state index is 14.7. The summed E-state index contributed by atoms with van der Waals surface area (Å²) < 4.78 is 45.9. The number of benzene rings is 2. The molecule has 4 amide bonds. The van der Waals surface area contributed by atoms with Crippen molar-refractivity contribution in [3.8, 4) is 22.8 Å². The molecule has 1 aromatic heterocycles. The number of hydrogen-bond donors (Lipinski definition) is 3. The van der Waals surface area contributed by atoms with Gasteiger partial charge in [0.05, 0.1) is 30.6 Å². The number of ether oxygens (including phenoxy) is 3. The van der Waals surface area contributed by atoms with E-state index in [1.165, 1.54) is 11.0 Å². The minimum atomic E-state index is -4.07. The fourth-order valence-corrected chi connectivity index (χ4v) is 8.80. The summed E-state index contributed by atoms with van der Waals surface area (Å²) in [5.74, 6) is -1.97. The molecule has 58 heavy (non-hydrogen) atoms. The zero-order valence-corrected chi connectivity index (χ0v) is 35.9. The highest BCUT2D eigenvalue weighted by Gasteiger charge is 2.61. The maximum absolute atomic E-state index is 14.7. The van der Waals surface area contributed by atoms with Gasteiger partial charge in [0.2, 0.25) is 21.8 Å². The van der Waals surface area contributed by atoms with Crippen LogP contribution in [-0.4, -0.2) is 90.9 Å². The number of nitrogens with one attached hydrogen (secondary N) is 3. The molecule has 14 nitrogen and oxygen atoms in total. The zero-order chi connectivity index (χ0) is 43.0. The van der Waals surface area contributed by atoms with Gasteiger partial charge in [-0.25, -0.2) is 18.2 Å². The Bertz CT molecular complexity index is 2170. The molecule has 3 N–H and O–H groups in total. The number of sulfonamides is 1. The van der Waals surface area contributed by atoms with Gasteiger partial charge < -0.3 is 29.7 Å². The lowest BCUT2D eigenvalue weighted by Gasteiger charge is -2.36. The summed E-state index contributed by atoms with van der Waals surface area (Å²) in [7, 11) is -2.50. The molecule has 2 aliphatic rings. The molecule has 0 spiro atoms. The summed E-state index contributed by atoms with van der Waals surface area (Å²) in [5, 5.41) is 6.21. The monoisotopic (exact) mass is 819 g/mol. The van der Waals surface area contributed by atoms with Crippen LogP contribution in [0.2, 0.25) is 0 Å². The second-order valence-electron chi connectivity index (χ2n) is 18.4. The molecule has 2 fully saturated rings. The van der Waals surface area contributed by atoms with Gasteiger partial charge in [-0.3, -0.25) is 19.1 Å². The molecule has 2 aromatic carbocycles. The van der Waals surface area contributed by atoms with Crippen LogP contribution in [-0.2, 0) is 29.1 Å². The molecule has 0 radical (unpaired) electrons. The van der Waals surface area contributed by atoms with Gasteiger partial charge in [0.15, 0.2) is 0 Å². The van der Waals surface area contributed by atoms with Gasteiger partial charge in [0.1, 0.15) is 40.8 Å². The van der Waals surface area contributed by atoms with Gasteiger partial charge in [-0.1, -0.05) is 78.0 Å². The van der Waals surface area contributed by atoms with Crippen molar-refractivity contribution in [2.45, 2.75) is 104 Å². The molecule has 1 saturated carbocycles. The van der Waals surface area contributed by atoms with Crippen LogP contribution in [0.15, 0.2) is 67.3 Å². The lowest BCUT2D eigenvalue weighted by molar-refractivity contribution is -0.143. The SMILES string of the molecule is C=CC1C[C@]1(NC(=O)[C@@H]1C[C@@H](Oc2cc(-c3ccccc3)nc3cc(OC)ccc23)CN1C(=O)[C@@H](NC(=O)OC(C)(C)C)C(C)(C)C)C(=O)NS(=O)(=O)CC(C)(C)C. The first kappa shape index (κ1) is 43.9. The molecule has 5 rings (SSSR count). The molecule has 314 valence electrons. The summed E-state index contributed by atoms with van der Waals surface area (Å²) in [4.78, 5) is 62.3. The summed E-state index contributed by atoms with van der Waals surface area (Å²) in [5.41, 5.74) is -1.87. The average molecular weight is 820 g/mol. The standard InChI is InChI=1S/C43H57N5O9S/c1-12-27-23-43(27,38(51)47-58(53,54)25-40(2,3)4)46-36(49)33-21-29(24-48(33)37(50)35(41(5,6)7)45-39(52)57-42(8,9)10)56-34-22-31(26-16-14-13-15-17-26)44-32-20-28(55-11)18-19-30(32)34/h12-20,22,27,29,33,35H,1,21,23-25H2,2-11H3,(H,45,52)(H,46,49)(H,47,51)/t27?,29-,33+,35-,43-/m1/s1. The van der Waals surface area contributed by atoms with E-state index in [1.807, 2.05) is 42.5 Å². The molecule has 1 aliphatic heterocycles. The Kier molecular flexibility index (Phi) is 12.3. The molecule has 3 aromatic rings. The fourth-order valence-electron chi connectivity index (χ4n) is 7.13. The van der Waals surface area contributed by atoms with E-state index in [9.17, 15) is 27.6 Å². The van der Waals surface area contributed by atoms with E-state index >= 15 is 0 Å². The molecule has 15 heteroatoms. The van der Waals surface area contributed by atoms with Crippen molar-refractivity contribution in [2.24, 2.45) is 16.7 Å².